The number of nitrogens with one attached hydrogen (secondary N) is 1. The summed E-state index contributed by atoms with van der Waals surface area (Å²) in [5, 5.41) is 0. The van der Waals surface area contributed by atoms with Crippen molar-refractivity contribution in [1.29, 1.82) is 0 Å². The number of rotatable bonds is 4. The van der Waals surface area contributed by atoms with Crippen LogP contribution in [0.15, 0.2) is 0 Å². The highest BCUT2D eigenvalue weighted by molar-refractivity contribution is 5.65. The quantitative estimate of drug-likeness (QED) is 0.624. The molecule has 64 valence electrons. The van der Waals surface area contributed by atoms with Gasteiger partial charge in [-0.1, -0.05) is 0 Å². The van der Waals surface area contributed by atoms with E-state index in [1.54, 1.807) is 6.92 Å². The van der Waals surface area contributed by atoms with E-state index in [0.29, 0.717) is 19.1 Å². The number of hydroxylamine groups is 1. The van der Waals surface area contributed by atoms with Gasteiger partial charge in [0.05, 0.1) is 13.2 Å². The third-order valence-corrected chi connectivity index (χ3v) is 1.45. The Morgan fingerprint density at radius 3 is 2.91 bits per heavy atom. The van der Waals surface area contributed by atoms with Crippen molar-refractivity contribution in [3.8, 4) is 0 Å². The van der Waals surface area contributed by atoms with Crippen LogP contribution < -0.4 is 5.48 Å². The van der Waals surface area contributed by atoms with Crippen molar-refractivity contribution in [3.05, 3.63) is 0 Å². The third-order valence-electron chi connectivity index (χ3n) is 1.45. The van der Waals surface area contributed by atoms with E-state index in [1.165, 1.54) is 12.8 Å². The number of hydrogen-bond donors (Lipinski definition) is 1. The van der Waals surface area contributed by atoms with Gasteiger partial charge in [-0.25, -0.2) is 4.79 Å². The van der Waals surface area contributed by atoms with Crippen LogP contribution in [0.2, 0.25) is 0 Å². The molecule has 0 heterocycles. The zero-order chi connectivity index (χ0) is 8.10. The van der Waals surface area contributed by atoms with Crippen molar-refractivity contribution >= 4 is 6.09 Å². The minimum Gasteiger partial charge on any atom is -0.448 e. The highest BCUT2D eigenvalue weighted by atomic mass is 16.7. The van der Waals surface area contributed by atoms with Crippen LogP contribution in [0.5, 0.6) is 0 Å². The number of hydrogen-bond acceptors (Lipinski definition) is 3. The summed E-state index contributed by atoms with van der Waals surface area (Å²) in [4.78, 5) is 15.4. The first-order valence-corrected chi connectivity index (χ1v) is 3.87. The van der Waals surface area contributed by atoms with Gasteiger partial charge in [0, 0.05) is 0 Å². The molecule has 0 aromatic rings. The predicted molar refractivity (Wildman–Crippen MR) is 38.8 cm³/mol. The topological polar surface area (TPSA) is 47.6 Å². The molecule has 1 rings (SSSR count). The van der Waals surface area contributed by atoms with Crippen LogP contribution >= 0.6 is 0 Å². The summed E-state index contributed by atoms with van der Waals surface area (Å²) in [6, 6.07) is 0. The second-order valence-electron chi connectivity index (χ2n) is 2.58. The van der Waals surface area contributed by atoms with Gasteiger partial charge in [0.25, 0.3) is 0 Å². The Hall–Kier alpha value is -0.770. The van der Waals surface area contributed by atoms with E-state index < -0.39 is 6.09 Å². The molecule has 0 aliphatic heterocycles. The average Bonchev–Trinajstić information content (AvgIpc) is 2.72. The lowest BCUT2D eigenvalue weighted by molar-refractivity contribution is 0.0244. The second kappa shape index (κ2) is 4.18. The van der Waals surface area contributed by atoms with Gasteiger partial charge in [0.15, 0.2) is 0 Å². The Morgan fingerprint density at radius 2 is 2.36 bits per heavy atom. The Kier molecular flexibility index (Phi) is 3.16. The summed E-state index contributed by atoms with van der Waals surface area (Å²) < 4.78 is 4.57. The lowest BCUT2D eigenvalue weighted by Crippen LogP contribution is -2.25. The molecule has 1 aliphatic rings. The molecular weight excluding hydrogens is 146 g/mol. The molecule has 0 radical (unpaired) electrons. The maximum absolute atomic E-state index is 10.6. The fourth-order valence-electron chi connectivity index (χ4n) is 0.664. The molecule has 0 aromatic carbocycles. The van der Waals surface area contributed by atoms with Crippen LogP contribution in [0.25, 0.3) is 0 Å². The second-order valence-corrected chi connectivity index (χ2v) is 2.58. The van der Waals surface area contributed by atoms with Crippen molar-refractivity contribution in [1.82, 2.24) is 5.48 Å². The molecule has 0 atom stereocenters. The lowest BCUT2D eigenvalue weighted by atomic mass is 10.5. The summed E-state index contributed by atoms with van der Waals surface area (Å²) in [6.45, 7) is 2.73. The molecule has 1 amide bonds. The number of ether oxygens (including phenoxy) is 1. The molecule has 4 heteroatoms. The summed E-state index contributed by atoms with van der Waals surface area (Å²) in [6.07, 6.45) is 1.92. The summed E-state index contributed by atoms with van der Waals surface area (Å²) >= 11 is 0. The van der Waals surface area contributed by atoms with Crippen LogP contribution in [0.4, 0.5) is 4.79 Å². The summed E-state index contributed by atoms with van der Waals surface area (Å²) in [5.41, 5.74) is 2.19. The average molecular weight is 159 g/mol. The van der Waals surface area contributed by atoms with Crippen molar-refractivity contribution in [2.45, 2.75) is 19.8 Å². The SMILES string of the molecule is CCOC(=O)NOCC1CC1. The van der Waals surface area contributed by atoms with E-state index in [0.717, 1.165) is 0 Å². The molecule has 1 fully saturated rings. The Labute approximate surface area is 65.8 Å². The van der Waals surface area contributed by atoms with E-state index in [9.17, 15) is 4.79 Å². The number of carbonyl (C=O) groups is 1. The molecular formula is C7H13NO3. The Bertz CT molecular complexity index is 134. The first kappa shape index (κ1) is 8.33. The van der Waals surface area contributed by atoms with E-state index in [-0.39, 0.29) is 0 Å². The van der Waals surface area contributed by atoms with Crippen molar-refractivity contribution in [3.63, 3.8) is 0 Å². The van der Waals surface area contributed by atoms with E-state index >= 15 is 0 Å². The van der Waals surface area contributed by atoms with Crippen LogP contribution in [0, 0.1) is 5.92 Å². The first-order valence-electron chi connectivity index (χ1n) is 3.87. The molecule has 1 N–H and O–H groups in total. The maximum atomic E-state index is 10.6. The van der Waals surface area contributed by atoms with Crippen LogP contribution in [0.1, 0.15) is 19.8 Å². The zero-order valence-electron chi connectivity index (χ0n) is 6.63. The van der Waals surface area contributed by atoms with E-state index in [1.807, 2.05) is 0 Å². The molecule has 0 unspecified atom stereocenters. The van der Waals surface area contributed by atoms with Gasteiger partial charge in [-0.2, -0.15) is 5.48 Å². The standard InChI is InChI=1S/C7H13NO3/c1-2-10-7(9)8-11-5-6-3-4-6/h6H,2-5H2,1H3,(H,8,9). The van der Waals surface area contributed by atoms with Crippen LogP contribution in [0.3, 0.4) is 0 Å². The zero-order valence-corrected chi connectivity index (χ0v) is 6.63. The van der Waals surface area contributed by atoms with Crippen LogP contribution in [-0.2, 0) is 9.57 Å². The fraction of sp³-hybridized carbons (Fsp3) is 0.857. The molecule has 0 bridgehead atoms. The maximum Gasteiger partial charge on any atom is 0.431 e. The lowest BCUT2D eigenvalue weighted by Gasteiger charge is -2.03. The minimum absolute atomic E-state index is 0.374. The molecule has 0 saturated heterocycles. The molecule has 1 aliphatic carbocycles. The smallest absolute Gasteiger partial charge is 0.431 e. The molecule has 1 saturated carbocycles. The van der Waals surface area contributed by atoms with Crippen LogP contribution in [-0.4, -0.2) is 19.3 Å². The van der Waals surface area contributed by atoms with E-state index in [2.05, 4.69) is 10.2 Å². The highest BCUT2D eigenvalue weighted by Crippen LogP contribution is 2.28. The number of carbonyl (C=O) groups excluding carboxylic acids is 1. The van der Waals surface area contributed by atoms with Gasteiger partial charge in [0.2, 0.25) is 0 Å². The van der Waals surface area contributed by atoms with E-state index in [4.69, 9.17) is 4.84 Å². The fourth-order valence-corrected chi connectivity index (χ4v) is 0.664. The molecule has 0 aromatic heterocycles. The monoisotopic (exact) mass is 159 g/mol. The van der Waals surface area contributed by atoms with Gasteiger partial charge in [-0.05, 0) is 25.7 Å². The van der Waals surface area contributed by atoms with Gasteiger partial charge in [0.1, 0.15) is 0 Å². The normalized spacial score (nSPS) is 16.1. The highest BCUT2D eigenvalue weighted by Gasteiger charge is 2.21. The number of amides is 1. The summed E-state index contributed by atoms with van der Waals surface area (Å²) in [7, 11) is 0. The third kappa shape index (κ3) is 3.83. The Morgan fingerprint density at radius 1 is 1.64 bits per heavy atom. The van der Waals surface area contributed by atoms with Crippen molar-refractivity contribution in [2.75, 3.05) is 13.2 Å². The molecule has 11 heavy (non-hydrogen) atoms. The van der Waals surface area contributed by atoms with Gasteiger partial charge in [-0.3, -0.25) is 4.84 Å². The molecule has 0 spiro atoms. The minimum atomic E-state index is -0.506. The summed E-state index contributed by atoms with van der Waals surface area (Å²) in [5.74, 6) is 0.650. The van der Waals surface area contributed by atoms with Gasteiger partial charge in [-0.15, -0.1) is 0 Å². The van der Waals surface area contributed by atoms with Gasteiger partial charge < -0.3 is 4.74 Å². The van der Waals surface area contributed by atoms with Crippen molar-refractivity contribution < 1.29 is 14.4 Å². The Balaban J connectivity index is 1.88. The largest absolute Gasteiger partial charge is 0.448 e. The molecule has 4 nitrogen and oxygen atoms in total. The van der Waals surface area contributed by atoms with Gasteiger partial charge >= 0.3 is 6.09 Å². The van der Waals surface area contributed by atoms with Crippen molar-refractivity contribution in [2.24, 2.45) is 5.92 Å². The predicted octanol–water partition coefficient (Wildman–Crippen LogP) is 1.07. The first-order chi connectivity index (χ1) is 5.33.